The van der Waals surface area contributed by atoms with Gasteiger partial charge in [-0.05, 0) is 372 Å². The van der Waals surface area contributed by atoms with Crippen LogP contribution in [0.25, 0.3) is 89.0 Å². The first kappa shape index (κ1) is 101. The highest BCUT2D eigenvalue weighted by Gasteiger charge is 2.30. The molecule has 0 atom stereocenters. The zero-order chi connectivity index (χ0) is 103. The van der Waals surface area contributed by atoms with Gasteiger partial charge in [0, 0.05) is 51.4 Å². The van der Waals surface area contributed by atoms with Crippen LogP contribution in [0.15, 0.2) is 330 Å². The van der Waals surface area contributed by atoms with Gasteiger partial charge in [-0.2, -0.15) is 67.3 Å². The van der Waals surface area contributed by atoms with Crippen molar-refractivity contribution in [2.75, 3.05) is 0 Å². The molecule has 0 spiro atoms. The number of phenolic OH excluding ortho intramolecular Hbond substituents is 8. The summed E-state index contributed by atoms with van der Waals surface area (Å²) in [6.07, 6.45) is -4.04. The van der Waals surface area contributed by atoms with E-state index >= 15 is 0 Å². The van der Waals surface area contributed by atoms with Crippen molar-refractivity contribution in [1.29, 1.82) is 0 Å². The minimum Gasteiger partial charge on any atom is -0.507 e. The quantitative estimate of drug-likeness (QED) is 0.0400. The van der Waals surface area contributed by atoms with Gasteiger partial charge < -0.3 is 40.9 Å². The van der Waals surface area contributed by atoms with Crippen LogP contribution in [0.4, 0.5) is 0 Å². The molecule has 0 saturated heterocycles. The molecule has 16 bridgehead atoms. The van der Waals surface area contributed by atoms with E-state index in [1.807, 2.05) is 0 Å². The van der Waals surface area contributed by atoms with Crippen LogP contribution in [-0.4, -0.2) is 145 Å². The number of hydrogen-bond acceptors (Lipinski definition) is 24. The highest BCUT2D eigenvalue weighted by molar-refractivity contribution is 7.87. The van der Waals surface area contributed by atoms with Gasteiger partial charge in [0.1, 0.15) is 46.0 Å². The molecule has 17 rings (SSSR count). The summed E-state index contributed by atoms with van der Waals surface area (Å²) in [5.74, 6) is -4.27. The fraction of sp³-hybridized carbons (Fsp3) is 0.0769. The zero-order valence-electron chi connectivity index (χ0n) is 74.3. The van der Waals surface area contributed by atoms with Gasteiger partial charge in [-0.1, -0.05) is 97.1 Å². The molecule has 0 aliphatic heterocycles. The van der Waals surface area contributed by atoms with Crippen LogP contribution in [0.2, 0.25) is 0 Å². The van der Waals surface area contributed by atoms with E-state index in [9.17, 15) is 145 Å². The van der Waals surface area contributed by atoms with Crippen molar-refractivity contribution in [3.05, 3.63) is 380 Å². The Balaban J connectivity index is 0.953. The lowest BCUT2D eigenvalue weighted by molar-refractivity contribution is 0.451. The van der Waals surface area contributed by atoms with Crippen molar-refractivity contribution < 1.29 is 145 Å². The van der Waals surface area contributed by atoms with Gasteiger partial charge in [0.2, 0.25) is 0 Å². The van der Waals surface area contributed by atoms with Gasteiger partial charge in [-0.15, -0.1) is 0 Å². The van der Waals surface area contributed by atoms with Crippen LogP contribution < -0.4 is 0 Å². The summed E-state index contributed by atoms with van der Waals surface area (Å²) in [5.41, 5.74) is 2.90. The molecular weight excluding hydrogens is 2020 g/mol. The molecule has 736 valence electrons. The van der Waals surface area contributed by atoms with Gasteiger partial charge in [0.25, 0.3) is 80.9 Å². The van der Waals surface area contributed by atoms with Gasteiger partial charge >= 0.3 is 0 Å². The Bertz CT molecular complexity index is 7230. The van der Waals surface area contributed by atoms with E-state index in [0.717, 1.165) is 97.1 Å². The lowest BCUT2D eigenvalue weighted by Gasteiger charge is -2.20. The molecule has 1 aliphatic rings. The summed E-state index contributed by atoms with van der Waals surface area (Å²) in [6, 6.07) is 62.1. The molecule has 40 heteroatoms. The minimum absolute atomic E-state index is 0.0329. The van der Waals surface area contributed by atoms with Gasteiger partial charge in [0.05, 0.1) is 39.2 Å². The number of aromatic hydroxyl groups is 8. The molecule has 0 fully saturated rings. The molecule has 1 aliphatic carbocycles. The molecule has 0 radical (unpaired) electrons. The predicted octanol–water partition coefficient (Wildman–Crippen LogP) is 17.7. The van der Waals surface area contributed by atoms with Crippen LogP contribution >= 0.6 is 0 Å². The Hall–Kier alpha value is -14.8. The molecule has 0 unspecified atom stereocenters. The van der Waals surface area contributed by atoms with E-state index in [1.165, 1.54) is 194 Å². The summed E-state index contributed by atoms with van der Waals surface area (Å²) >= 11 is 0. The SMILES string of the molecule is O=S(=O)(O)c1ccc(-c2cc3c(O)c(c2)Cc2cc(-c4ccc(S(=O)(=O)O)cc4)cc(c2O)Cc2cc(-c4ccc(S(=O)(=O)O)cc4)cc(c2O)Cc2cc(-c4ccc(S(=O)(=O)O)cc4)cc(c2O)Cc2cc(-c4ccc(S(=O)(=O)O)cc4)cc(c2O)Cc2cc(-c4ccc(S(=O)(=O)O)cc4)cc(c2O)Cc2cc(-c4ccc(S(=O)(=O)O)cc4)cc(c2O)Cc2cc(-c4ccc(S(=O)(=O)O)cc4)cc(c2O)C3)cc1. The lowest BCUT2D eigenvalue weighted by Crippen LogP contribution is -2.03. The smallest absolute Gasteiger partial charge is 0.294 e. The molecule has 16 aromatic rings. The summed E-state index contributed by atoms with van der Waals surface area (Å²) < 4.78 is 284. The van der Waals surface area contributed by atoms with Crippen molar-refractivity contribution in [2.45, 2.75) is 90.5 Å². The van der Waals surface area contributed by atoms with Gasteiger partial charge in [-0.3, -0.25) is 36.4 Å². The van der Waals surface area contributed by atoms with Crippen molar-refractivity contribution >= 4 is 80.9 Å². The maximum absolute atomic E-state index is 13.3. The van der Waals surface area contributed by atoms with Gasteiger partial charge in [-0.25, -0.2) is 0 Å². The molecule has 16 N–H and O–H groups in total. The van der Waals surface area contributed by atoms with E-state index in [1.54, 1.807) is 0 Å². The van der Waals surface area contributed by atoms with E-state index in [-0.39, 0.29) is 178 Å². The molecule has 0 saturated carbocycles. The molecule has 16 aromatic carbocycles. The van der Waals surface area contributed by atoms with Crippen molar-refractivity contribution in [1.82, 2.24) is 0 Å². The second-order valence-corrected chi connectivity index (χ2v) is 45.9. The lowest BCUT2D eigenvalue weighted by atomic mass is 9.86. The molecule has 144 heavy (non-hydrogen) atoms. The summed E-state index contributed by atoms with van der Waals surface area (Å²) in [6.45, 7) is 0. The maximum Gasteiger partial charge on any atom is 0.294 e. The summed E-state index contributed by atoms with van der Waals surface area (Å²) in [7, 11) is -38.7. The first-order valence-corrected chi connectivity index (χ1v) is 54.5. The third kappa shape index (κ3) is 21.7. The summed E-state index contributed by atoms with van der Waals surface area (Å²) in [5, 5.41) is 106. The second-order valence-electron chi connectivity index (χ2n) is 34.6. The fourth-order valence-electron chi connectivity index (χ4n) is 17.8. The largest absolute Gasteiger partial charge is 0.507 e. The minimum atomic E-state index is -4.84. The first-order valence-electron chi connectivity index (χ1n) is 43.0. The van der Waals surface area contributed by atoms with E-state index in [4.69, 9.17) is 0 Å². The highest BCUT2D eigenvalue weighted by Crippen LogP contribution is 2.48. The monoisotopic (exact) mass is 2100 g/mol. The Morgan fingerprint density at radius 2 is 0.188 bits per heavy atom. The number of fused-ring (bicyclic) bond motifs is 16. The second kappa shape index (κ2) is 38.1. The highest BCUT2D eigenvalue weighted by atomic mass is 32.2. The molecule has 32 nitrogen and oxygen atoms in total. The Labute approximate surface area is 825 Å². The average Bonchev–Trinajstić information content (AvgIpc) is 0.770. The standard InChI is InChI=1S/C104H80O32S8/c105-97-73-33-65(57-1-17-89(18-2-57)137(113,114)115)34-74(97)50-76-36-67(59-5-21-91(22-6-59)139(119,120)121)38-78(99(76)107)52-80-40-69(61-9-25-93(26-10-61)141(125,126)127)42-82(101(80)109)54-84-44-71(63-13-29-95(30-14-63)143(131,132)133)46-86(103(84)111)56-88-48-72(64-15-31-96(32-16-64)144(134,135)136)47-87(104(88)112)55-85-45-70(62-11-27-94(28-12-62)142(128,129)130)43-83(102(85)110)53-81-41-68(60-7-23-92(24-8-60)140(122,123)124)39-79(100(81)108)51-77-37-66(35-75(49-73)98(77)106)58-3-19-90(20-4-58)138(116,117)118/h1-48,105-112H,49-56H2,(H,113,114,115)(H,116,117,118)(H,119,120,121)(H,122,123,124)(H,125,126,127)(H,128,129,130)(H,131,132,133)(H,134,135,136). The van der Waals surface area contributed by atoms with Crippen molar-refractivity contribution in [2.24, 2.45) is 0 Å². The van der Waals surface area contributed by atoms with Crippen LogP contribution in [0, 0.1) is 0 Å². The maximum atomic E-state index is 13.3. The Morgan fingerprint density at radius 3 is 0.250 bits per heavy atom. The number of phenols is 8. The predicted molar refractivity (Wildman–Crippen MR) is 529 cm³/mol. The van der Waals surface area contributed by atoms with Crippen molar-refractivity contribution in [3.8, 4) is 135 Å². The van der Waals surface area contributed by atoms with E-state index in [2.05, 4.69) is 0 Å². The molecule has 0 heterocycles. The summed E-state index contributed by atoms with van der Waals surface area (Å²) in [4.78, 5) is -4.29. The normalized spacial score (nSPS) is 13.2. The number of rotatable bonds is 16. The van der Waals surface area contributed by atoms with E-state index < -0.39 is 217 Å². The Kier molecular flexibility index (Phi) is 26.7. The fourth-order valence-corrected chi connectivity index (χ4v) is 21.6. The van der Waals surface area contributed by atoms with Crippen molar-refractivity contribution in [3.63, 3.8) is 0 Å². The van der Waals surface area contributed by atoms with Crippen LogP contribution in [0.5, 0.6) is 46.0 Å². The first-order chi connectivity index (χ1) is 67.6. The van der Waals surface area contributed by atoms with Crippen LogP contribution in [-0.2, 0) is 132 Å². The van der Waals surface area contributed by atoms with Crippen LogP contribution in [0.1, 0.15) is 89.0 Å². The number of hydrogen-bond donors (Lipinski definition) is 16. The number of benzene rings is 16. The third-order valence-electron chi connectivity index (χ3n) is 25.1. The third-order valence-corrected chi connectivity index (χ3v) is 32.0. The topological polar surface area (TPSA) is 597 Å². The zero-order valence-corrected chi connectivity index (χ0v) is 80.9. The van der Waals surface area contributed by atoms with Crippen LogP contribution in [0.3, 0.4) is 0 Å². The van der Waals surface area contributed by atoms with E-state index in [0.29, 0.717) is 0 Å². The Morgan fingerprint density at radius 1 is 0.118 bits per heavy atom. The molecule has 0 aromatic heterocycles. The average molecular weight is 2100 g/mol. The molecular formula is C104H80O32S8. The molecule has 0 amide bonds. The van der Waals surface area contributed by atoms with Gasteiger partial charge in [0.15, 0.2) is 0 Å².